The van der Waals surface area contributed by atoms with Gasteiger partial charge < -0.3 is 10.1 Å². The molecule has 0 aliphatic heterocycles. The van der Waals surface area contributed by atoms with Gasteiger partial charge in [-0.25, -0.2) is 0 Å². The molecule has 1 atom stereocenters. The van der Waals surface area contributed by atoms with Gasteiger partial charge in [0.2, 0.25) is 5.91 Å². The summed E-state index contributed by atoms with van der Waals surface area (Å²) in [5.41, 5.74) is 3.56. The Balaban J connectivity index is 2.19. The first-order valence-electron chi connectivity index (χ1n) is 8.42. The quantitative estimate of drug-likeness (QED) is 0.870. The molecule has 0 radical (unpaired) electrons. The highest BCUT2D eigenvalue weighted by atomic mass is 16.5. The molecule has 0 bridgehead atoms. The molecular formula is C19H29NO2. The van der Waals surface area contributed by atoms with Crippen molar-refractivity contribution in [1.29, 1.82) is 0 Å². The monoisotopic (exact) mass is 303 g/mol. The Morgan fingerprint density at radius 2 is 1.82 bits per heavy atom. The van der Waals surface area contributed by atoms with Gasteiger partial charge >= 0.3 is 0 Å². The molecule has 1 aromatic rings. The van der Waals surface area contributed by atoms with Crippen molar-refractivity contribution in [3.05, 3.63) is 28.8 Å². The minimum absolute atomic E-state index is 0.0384. The number of hydrogen-bond donors (Lipinski definition) is 1. The highest BCUT2D eigenvalue weighted by molar-refractivity contribution is 5.79. The predicted molar refractivity (Wildman–Crippen MR) is 90.3 cm³/mol. The van der Waals surface area contributed by atoms with Gasteiger partial charge in [-0.3, -0.25) is 4.79 Å². The third-order valence-electron chi connectivity index (χ3n) is 4.79. The minimum atomic E-state index is 0.0384. The summed E-state index contributed by atoms with van der Waals surface area (Å²) in [6, 6.07) is 4.32. The van der Waals surface area contributed by atoms with E-state index >= 15 is 0 Å². The van der Waals surface area contributed by atoms with Crippen molar-refractivity contribution < 1.29 is 9.53 Å². The van der Waals surface area contributed by atoms with Crippen molar-refractivity contribution in [1.82, 2.24) is 5.32 Å². The van der Waals surface area contributed by atoms with E-state index in [4.69, 9.17) is 4.74 Å². The van der Waals surface area contributed by atoms with Crippen LogP contribution in [-0.4, -0.2) is 13.0 Å². The van der Waals surface area contributed by atoms with E-state index in [1.807, 2.05) is 0 Å². The van der Waals surface area contributed by atoms with E-state index in [0.29, 0.717) is 5.92 Å². The highest BCUT2D eigenvalue weighted by Crippen LogP contribution is 2.32. The van der Waals surface area contributed by atoms with Crippen LogP contribution in [0.3, 0.4) is 0 Å². The fourth-order valence-corrected chi connectivity index (χ4v) is 3.41. The Morgan fingerprint density at radius 1 is 1.18 bits per heavy atom. The summed E-state index contributed by atoms with van der Waals surface area (Å²) < 4.78 is 5.50. The van der Waals surface area contributed by atoms with Crippen molar-refractivity contribution in [2.24, 2.45) is 5.92 Å². The van der Waals surface area contributed by atoms with E-state index in [-0.39, 0.29) is 17.9 Å². The van der Waals surface area contributed by atoms with Crippen LogP contribution in [0.1, 0.15) is 75.1 Å². The van der Waals surface area contributed by atoms with E-state index < -0.39 is 0 Å². The largest absolute Gasteiger partial charge is 0.496 e. The Hall–Kier alpha value is -1.51. The maximum Gasteiger partial charge on any atom is 0.223 e. The summed E-state index contributed by atoms with van der Waals surface area (Å²) in [5.74, 6) is 1.76. The number of amides is 1. The van der Waals surface area contributed by atoms with Crippen LogP contribution >= 0.6 is 0 Å². The number of methoxy groups -OCH3 is 1. The molecule has 22 heavy (non-hydrogen) atoms. The Kier molecular flexibility index (Phi) is 5.49. The summed E-state index contributed by atoms with van der Waals surface area (Å²) in [6.45, 7) is 8.49. The first kappa shape index (κ1) is 16.9. The number of ether oxygens (including phenoxy) is 1. The molecule has 0 unspecified atom stereocenters. The Morgan fingerprint density at radius 3 is 2.36 bits per heavy atom. The fourth-order valence-electron chi connectivity index (χ4n) is 3.41. The molecule has 1 aliphatic rings. The first-order valence-corrected chi connectivity index (χ1v) is 8.42. The zero-order valence-corrected chi connectivity index (χ0v) is 14.5. The van der Waals surface area contributed by atoms with Gasteiger partial charge in [-0.15, -0.1) is 0 Å². The smallest absolute Gasteiger partial charge is 0.223 e. The van der Waals surface area contributed by atoms with Crippen LogP contribution < -0.4 is 10.1 Å². The molecule has 3 heteroatoms. The molecule has 1 N–H and O–H groups in total. The number of rotatable bonds is 5. The number of benzene rings is 1. The number of carbonyl (C=O) groups excluding carboxylic acids is 1. The third-order valence-corrected chi connectivity index (χ3v) is 4.79. The average molecular weight is 303 g/mol. The predicted octanol–water partition coefficient (Wildman–Crippen LogP) is 4.49. The zero-order chi connectivity index (χ0) is 16.3. The van der Waals surface area contributed by atoms with Crippen LogP contribution in [-0.2, 0) is 4.79 Å². The molecule has 3 nitrogen and oxygen atoms in total. The fraction of sp³-hybridized carbons (Fsp3) is 0.632. The summed E-state index contributed by atoms with van der Waals surface area (Å²) in [5, 5.41) is 3.20. The topological polar surface area (TPSA) is 38.3 Å². The van der Waals surface area contributed by atoms with E-state index in [9.17, 15) is 4.79 Å². The van der Waals surface area contributed by atoms with Crippen molar-refractivity contribution in [2.45, 2.75) is 65.3 Å². The van der Waals surface area contributed by atoms with Crippen molar-refractivity contribution in [3.8, 4) is 5.75 Å². The van der Waals surface area contributed by atoms with Gasteiger partial charge in [0, 0.05) is 5.92 Å². The molecule has 0 aromatic heterocycles. The van der Waals surface area contributed by atoms with Crippen LogP contribution in [0.2, 0.25) is 0 Å². The maximum absolute atomic E-state index is 12.3. The van der Waals surface area contributed by atoms with Gasteiger partial charge in [-0.1, -0.05) is 26.7 Å². The summed E-state index contributed by atoms with van der Waals surface area (Å²) >= 11 is 0. The molecule has 1 amide bonds. The van der Waals surface area contributed by atoms with Gasteiger partial charge in [-0.2, -0.15) is 0 Å². The lowest BCUT2D eigenvalue weighted by molar-refractivity contribution is -0.125. The Labute approximate surface area is 134 Å². The molecular weight excluding hydrogens is 274 g/mol. The number of nitrogens with one attached hydrogen (secondary N) is 1. The van der Waals surface area contributed by atoms with Crippen LogP contribution in [0.5, 0.6) is 5.75 Å². The SMILES string of the molecule is COc1cc(C)c([C@@H](C)NC(=O)C2CCCC2)cc1C(C)C. The lowest BCUT2D eigenvalue weighted by atomic mass is 9.93. The van der Waals surface area contributed by atoms with Gasteiger partial charge in [0.05, 0.1) is 13.2 Å². The normalized spacial score (nSPS) is 16.8. The molecule has 1 saturated carbocycles. The number of hydrogen-bond acceptors (Lipinski definition) is 2. The molecule has 0 spiro atoms. The molecule has 0 saturated heterocycles. The molecule has 2 rings (SSSR count). The first-order chi connectivity index (χ1) is 10.4. The van der Waals surface area contributed by atoms with Crippen LogP contribution in [0.4, 0.5) is 0 Å². The third kappa shape index (κ3) is 3.63. The Bertz CT molecular complexity index is 530. The number of aryl methyl sites for hydroxylation is 1. The second-order valence-corrected chi connectivity index (χ2v) is 6.82. The van der Waals surface area contributed by atoms with Gasteiger partial charge in [0.1, 0.15) is 5.75 Å². The van der Waals surface area contributed by atoms with Crippen LogP contribution in [0.15, 0.2) is 12.1 Å². The molecule has 1 fully saturated rings. The maximum atomic E-state index is 12.3. The summed E-state index contributed by atoms with van der Waals surface area (Å²) in [4.78, 5) is 12.3. The van der Waals surface area contributed by atoms with Crippen molar-refractivity contribution >= 4 is 5.91 Å². The lowest BCUT2D eigenvalue weighted by Crippen LogP contribution is -2.32. The molecule has 122 valence electrons. The molecule has 1 aliphatic carbocycles. The van der Waals surface area contributed by atoms with Gasteiger partial charge in [0.25, 0.3) is 0 Å². The van der Waals surface area contributed by atoms with Crippen LogP contribution in [0.25, 0.3) is 0 Å². The van der Waals surface area contributed by atoms with E-state index in [2.05, 4.69) is 45.1 Å². The molecule has 1 aromatic carbocycles. The second kappa shape index (κ2) is 7.17. The van der Waals surface area contributed by atoms with E-state index in [1.54, 1.807) is 7.11 Å². The number of carbonyl (C=O) groups is 1. The van der Waals surface area contributed by atoms with E-state index in [0.717, 1.165) is 18.6 Å². The second-order valence-electron chi connectivity index (χ2n) is 6.82. The van der Waals surface area contributed by atoms with Crippen molar-refractivity contribution in [3.63, 3.8) is 0 Å². The summed E-state index contributed by atoms with van der Waals surface area (Å²) in [6.07, 6.45) is 4.45. The van der Waals surface area contributed by atoms with E-state index in [1.165, 1.54) is 29.5 Å². The van der Waals surface area contributed by atoms with Gasteiger partial charge in [0.15, 0.2) is 0 Å². The highest BCUT2D eigenvalue weighted by Gasteiger charge is 2.24. The standard InChI is InChI=1S/C19H29NO2/c1-12(2)16-11-17(13(3)10-18(16)22-5)14(4)20-19(21)15-8-6-7-9-15/h10-12,14-15H,6-9H2,1-5H3,(H,20,21)/t14-/m1/s1. The zero-order valence-electron chi connectivity index (χ0n) is 14.5. The molecule has 0 heterocycles. The lowest BCUT2D eigenvalue weighted by Gasteiger charge is -2.22. The summed E-state index contributed by atoms with van der Waals surface area (Å²) in [7, 11) is 1.71. The van der Waals surface area contributed by atoms with Gasteiger partial charge in [-0.05, 0) is 61.4 Å². The average Bonchev–Trinajstić information content (AvgIpc) is 3.00. The minimum Gasteiger partial charge on any atom is -0.496 e. The van der Waals surface area contributed by atoms with Crippen molar-refractivity contribution in [2.75, 3.05) is 7.11 Å². The van der Waals surface area contributed by atoms with Crippen LogP contribution in [0, 0.1) is 12.8 Å².